The van der Waals surface area contributed by atoms with E-state index in [1.807, 2.05) is 35.9 Å². The Kier molecular flexibility index (Phi) is 5.48. The molecule has 7 heteroatoms. The molecule has 2 aromatic heterocycles. The number of piperidine rings is 1. The van der Waals surface area contributed by atoms with Crippen LogP contribution in [0.2, 0.25) is 5.02 Å². The summed E-state index contributed by atoms with van der Waals surface area (Å²) >= 11 is 6.30. The van der Waals surface area contributed by atoms with Crippen molar-refractivity contribution in [1.82, 2.24) is 9.47 Å². The van der Waals surface area contributed by atoms with Gasteiger partial charge in [0.25, 0.3) is 0 Å². The van der Waals surface area contributed by atoms with Crippen LogP contribution in [0, 0.1) is 6.92 Å². The highest BCUT2D eigenvalue weighted by Crippen LogP contribution is 2.29. The third kappa shape index (κ3) is 3.95. The molecule has 1 aliphatic heterocycles. The lowest BCUT2D eigenvalue weighted by Gasteiger charge is -2.33. The number of hydrogen-bond acceptors (Lipinski definition) is 5. The lowest BCUT2D eigenvalue weighted by atomic mass is 10.0. The molecule has 29 heavy (non-hydrogen) atoms. The van der Waals surface area contributed by atoms with E-state index in [1.54, 1.807) is 12.1 Å². The highest BCUT2D eigenvalue weighted by Gasteiger charge is 2.24. The number of fused-ring (bicyclic) bond motifs is 1. The third-order valence-electron chi connectivity index (χ3n) is 5.63. The van der Waals surface area contributed by atoms with Gasteiger partial charge >= 0.3 is 11.6 Å². The molecule has 0 N–H and O–H groups in total. The summed E-state index contributed by atoms with van der Waals surface area (Å²) in [7, 11) is 1.40. The maximum atomic E-state index is 12.0. The zero-order valence-corrected chi connectivity index (χ0v) is 17.2. The summed E-state index contributed by atoms with van der Waals surface area (Å²) in [6, 6.07) is 9.17. The Hall–Kier alpha value is -2.57. The van der Waals surface area contributed by atoms with Gasteiger partial charge in [0.15, 0.2) is 0 Å². The van der Waals surface area contributed by atoms with Gasteiger partial charge in [0.05, 0.1) is 7.11 Å². The summed E-state index contributed by atoms with van der Waals surface area (Å²) in [5.74, 6) is -0.313. The molecule has 0 spiro atoms. The molecule has 0 aliphatic carbocycles. The summed E-state index contributed by atoms with van der Waals surface area (Å²) in [6.07, 6.45) is 3.77. The van der Waals surface area contributed by atoms with Crippen LogP contribution in [0.5, 0.6) is 0 Å². The number of esters is 1. The molecule has 1 saturated heterocycles. The number of nitrogens with zero attached hydrogens (tertiary/aromatic N) is 2. The van der Waals surface area contributed by atoms with Crippen LogP contribution in [0.3, 0.4) is 0 Å². The van der Waals surface area contributed by atoms with Crippen LogP contribution in [0.1, 0.15) is 40.5 Å². The predicted octanol–water partition coefficient (Wildman–Crippen LogP) is 4.18. The van der Waals surface area contributed by atoms with E-state index in [9.17, 15) is 9.59 Å². The average molecular weight is 415 g/mol. The van der Waals surface area contributed by atoms with Crippen molar-refractivity contribution in [2.24, 2.45) is 0 Å². The Balaban J connectivity index is 1.51. The Morgan fingerprint density at radius 3 is 2.76 bits per heavy atom. The molecule has 3 aromatic rings. The van der Waals surface area contributed by atoms with Gasteiger partial charge in [-0.15, -0.1) is 0 Å². The Labute approximate surface area is 173 Å². The van der Waals surface area contributed by atoms with Crippen molar-refractivity contribution in [2.45, 2.75) is 32.4 Å². The monoisotopic (exact) mass is 414 g/mol. The van der Waals surface area contributed by atoms with E-state index in [0.717, 1.165) is 42.4 Å². The second kappa shape index (κ2) is 8.05. The molecule has 0 radical (unpaired) electrons. The molecule has 6 nitrogen and oxygen atoms in total. The zero-order chi connectivity index (χ0) is 20.5. The number of likely N-dealkylation sites (tertiary alicyclic amines) is 1. The first-order valence-corrected chi connectivity index (χ1v) is 10.0. The zero-order valence-electron chi connectivity index (χ0n) is 16.5. The van der Waals surface area contributed by atoms with Gasteiger partial charge in [-0.2, -0.15) is 0 Å². The number of carbonyl (C=O) groups excluding carboxylic acids is 1. The van der Waals surface area contributed by atoms with Crippen molar-refractivity contribution in [1.29, 1.82) is 0 Å². The van der Waals surface area contributed by atoms with Crippen LogP contribution in [0.25, 0.3) is 11.0 Å². The van der Waals surface area contributed by atoms with Gasteiger partial charge in [-0.25, -0.2) is 9.59 Å². The maximum Gasteiger partial charge on any atom is 0.354 e. The summed E-state index contributed by atoms with van der Waals surface area (Å²) in [4.78, 5) is 26.3. The highest BCUT2D eigenvalue weighted by atomic mass is 35.5. The van der Waals surface area contributed by atoms with Gasteiger partial charge in [0.1, 0.15) is 11.3 Å². The first kappa shape index (κ1) is 19.7. The minimum Gasteiger partial charge on any atom is -0.464 e. The predicted molar refractivity (Wildman–Crippen MR) is 112 cm³/mol. The summed E-state index contributed by atoms with van der Waals surface area (Å²) in [5.41, 5.74) is 2.61. The number of carbonyl (C=O) groups is 1. The molecule has 1 aromatic carbocycles. The quantitative estimate of drug-likeness (QED) is 0.473. The molecule has 0 unspecified atom stereocenters. The number of aryl methyl sites for hydroxylation is 1. The fourth-order valence-electron chi connectivity index (χ4n) is 4.07. The molecule has 0 bridgehead atoms. The lowest BCUT2D eigenvalue weighted by molar-refractivity contribution is 0.0581. The van der Waals surface area contributed by atoms with Gasteiger partial charge in [0.2, 0.25) is 0 Å². The fraction of sp³-hybridized carbons (Fsp3) is 0.364. The van der Waals surface area contributed by atoms with Gasteiger partial charge in [-0.05, 0) is 55.2 Å². The molecular weight excluding hydrogens is 392 g/mol. The van der Waals surface area contributed by atoms with Crippen molar-refractivity contribution in [3.63, 3.8) is 0 Å². The van der Waals surface area contributed by atoms with Gasteiger partial charge < -0.3 is 13.7 Å². The van der Waals surface area contributed by atoms with Gasteiger partial charge in [0, 0.05) is 48.3 Å². The van der Waals surface area contributed by atoms with E-state index in [2.05, 4.69) is 4.90 Å². The number of halogens is 1. The second-order valence-electron chi connectivity index (χ2n) is 7.49. The SMILES string of the molecule is COC(=O)c1cccn1C1CCN(Cc2cc(=O)oc3cc(C)c(Cl)cc23)CC1. The van der Waals surface area contributed by atoms with Crippen LogP contribution >= 0.6 is 11.6 Å². The summed E-state index contributed by atoms with van der Waals surface area (Å²) < 4.78 is 12.2. The minimum absolute atomic E-state index is 0.255. The molecule has 0 saturated carbocycles. The van der Waals surface area contributed by atoms with Crippen molar-refractivity contribution in [2.75, 3.05) is 20.2 Å². The third-order valence-corrected chi connectivity index (χ3v) is 6.03. The number of rotatable bonds is 4. The number of ether oxygens (including phenoxy) is 1. The molecule has 1 aliphatic rings. The number of aromatic nitrogens is 1. The van der Waals surface area contributed by atoms with Gasteiger partial charge in [-0.3, -0.25) is 4.90 Å². The van der Waals surface area contributed by atoms with Gasteiger partial charge in [-0.1, -0.05) is 11.6 Å². The van der Waals surface area contributed by atoms with Crippen LogP contribution in [-0.4, -0.2) is 35.6 Å². The molecular formula is C22H23ClN2O4. The maximum absolute atomic E-state index is 12.0. The van der Waals surface area contributed by atoms with E-state index in [1.165, 1.54) is 7.11 Å². The van der Waals surface area contributed by atoms with E-state index in [4.69, 9.17) is 20.8 Å². The number of hydrogen-bond donors (Lipinski definition) is 0. The van der Waals surface area contributed by atoms with E-state index < -0.39 is 0 Å². The van der Waals surface area contributed by atoms with Crippen molar-refractivity contribution in [3.8, 4) is 0 Å². The van der Waals surface area contributed by atoms with E-state index >= 15 is 0 Å². The summed E-state index contributed by atoms with van der Waals surface area (Å²) in [6.45, 7) is 4.28. The first-order chi connectivity index (χ1) is 14.0. The van der Waals surface area contributed by atoms with Crippen LogP contribution < -0.4 is 5.63 Å². The van der Waals surface area contributed by atoms with Crippen LogP contribution in [0.4, 0.5) is 0 Å². The number of benzene rings is 1. The molecule has 3 heterocycles. The van der Waals surface area contributed by atoms with E-state index in [0.29, 0.717) is 22.8 Å². The molecule has 0 atom stereocenters. The van der Waals surface area contributed by atoms with E-state index in [-0.39, 0.29) is 17.6 Å². The minimum atomic E-state index is -0.348. The number of methoxy groups -OCH3 is 1. The summed E-state index contributed by atoms with van der Waals surface area (Å²) in [5, 5.41) is 1.54. The Morgan fingerprint density at radius 1 is 1.28 bits per heavy atom. The molecule has 152 valence electrons. The normalized spacial score (nSPS) is 15.7. The van der Waals surface area contributed by atoms with Crippen LogP contribution in [-0.2, 0) is 11.3 Å². The standard InChI is InChI=1S/C22H23ClN2O4/c1-14-10-20-17(12-18(14)23)15(11-21(26)29-20)13-24-8-5-16(6-9-24)25-7-3-4-19(25)22(27)28-2/h3-4,7,10-12,16H,5-6,8-9,13H2,1-2H3. The molecule has 4 rings (SSSR count). The van der Waals surface area contributed by atoms with Crippen molar-refractivity contribution >= 4 is 28.5 Å². The highest BCUT2D eigenvalue weighted by molar-refractivity contribution is 6.32. The lowest BCUT2D eigenvalue weighted by Crippen LogP contribution is -2.35. The first-order valence-electron chi connectivity index (χ1n) is 9.66. The fourth-order valence-corrected chi connectivity index (χ4v) is 4.23. The Morgan fingerprint density at radius 2 is 2.03 bits per heavy atom. The van der Waals surface area contributed by atoms with Crippen molar-refractivity contribution in [3.05, 3.63) is 68.8 Å². The Bertz CT molecular complexity index is 1110. The van der Waals surface area contributed by atoms with Crippen LogP contribution in [0.15, 0.2) is 45.7 Å². The van der Waals surface area contributed by atoms with Crippen molar-refractivity contribution < 1.29 is 13.9 Å². The average Bonchev–Trinajstić information content (AvgIpc) is 3.19. The second-order valence-corrected chi connectivity index (χ2v) is 7.90. The molecule has 0 amide bonds. The smallest absolute Gasteiger partial charge is 0.354 e. The molecule has 1 fully saturated rings. The largest absolute Gasteiger partial charge is 0.464 e. The topological polar surface area (TPSA) is 64.7 Å².